The molecule has 2 aromatic carbocycles. The van der Waals surface area contributed by atoms with Crippen molar-refractivity contribution in [2.45, 2.75) is 37.1 Å². The summed E-state index contributed by atoms with van der Waals surface area (Å²) < 4.78 is 14.1. The summed E-state index contributed by atoms with van der Waals surface area (Å²) in [4.78, 5) is 7.50. The van der Waals surface area contributed by atoms with Crippen molar-refractivity contribution in [3.05, 3.63) is 71.5 Å². The molecule has 0 bridgehead atoms. The maximum atomic E-state index is 14.1. The number of hydrogen-bond donors (Lipinski definition) is 1. The molecule has 29 heavy (non-hydrogen) atoms. The number of aliphatic hydroxyl groups is 1. The van der Waals surface area contributed by atoms with Crippen LogP contribution in [0.25, 0.3) is 0 Å². The third-order valence-corrected chi connectivity index (χ3v) is 6.94. The third-order valence-electron chi connectivity index (χ3n) is 6.94. The van der Waals surface area contributed by atoms with Crippen LogP contribution in [0, 0.1) is 5.82 Å². The number of nitrogens with zero attached hydrogens (tertiary/aromatic N) is 3. The topological polar surface area (TPSA) is 30.0 Å². The van der Waals surface area contributed by atoms with Crippen molar-refractivity contribution in [1.29, 1.82) is 0 Å². The number of fused-ring (bicyclic) bond motifs is 2. The largest absolute Gasteiger partial charge is 0.392 e. The number of aliphatic hydroxyl groups excluding tert-OH is 1. The minimum atomic E-state index is -0.216. The van der Waals surface area contributed by atoms with E-state index >= 15 is 0 Å². The van der Waals surface area contributed by atoms with E-state index in [1.165, 1.54) is 5.56 Å². The molecular formula is C24H30FN3O. The molecule has 0 amide bonds. The van der Waals surface area contributed by atoms with Crippen molar-refractivity contribution in [2.24, 2.45) is 0 Å². The fourth-order valence-electron chi connectivity index (χ4n) is 5.67. The predicted molar refractivity (Wildman–Crippen MR) is 112 cm³/mol. The number of piperazine rings is 1. The Labute approximate surface area is 172 Å². The van der Waals surface area contributed by atoms with Gasteiger partial charge < -0.3 is 5.11 Å². The maximum absolute atomic E-state index is 14.1. The number of benzene rings is 2. The van der Waals surface area contributed by atoms with E-state index in [2.05, 4.69) is 45.0 Å². The molecule has 1 N–H and O–H groups in total. The highest BCUT2D eigenvalue weighted by Crippen LogP contribution is 2.39. The average Bonchev–Trinajstić information content (AvgIpc) is 3.08. The van der Waals surface area contributed by atoms with E-state index in [0.29, 0.717) is 12.6 Å². The second-order valence-corrected chi connectivity index (χ2v) is 9.13. The standard InChI is InChI=1S/C24H30FN3O/c25-23-9-5-4-8-20(23)13-27-17-24(18-27)16-26(11-10-19-6-2-1-3-7-19)14-21-12-22(29)15-28(21)24/h1-9,21-22,29H,10-18H2/t21-,22+/m0/s1. The Morgan fingerprint density at radius 2 is 1.66 bits per heavy atom. The molecule has 2 aromatic rings. The maximum Gasteiger partial charge on any atom is 0.127 e. The lowest BCUT2D eigenvalue weighted by Gasteiger charge is -2.61. The highest BCUT2D eigenvalue weighted by atomic mass is 19.1. The van der Waals surface area contributed by atoms with Crippen LogP contribution in [0.3, 0.4) is 0 Å². The van der Waals surface area contributed by atoms with Gasteiger partial charge >= 0.3 is 0 Å². The lowest BCUT2D eigenvalue weighted by molar-refractivity contribution is -0.116. The van der Waals surface area contributed by atoms with Gasteiger partial charge in [-0.3, -0.25) is 14.7 Å². The summed E-state index contributed by atoms with van der Waals surface area (Å²) >= 11 is 0. The molecule has 0 saturated carbocycles. The number of hydrogen-bond acceptors (Lipinski definition) is 4. The Bertz CT molecular complexity index is 839. The SMILES string of the molecule is O[C@@H]1C[C@H]2CN(CCc3ccccc3)CC3(CN(Cc4ccccc4F)C3)N2C1. The average molecular weight is 396 g/mol. The second-order valence-electron chi connectivity index (χ2n) is 9.13. The van der Waals surface area contributed by atoms with Gasteiger partial charge in [-0.15, -0.1) is 0 Å². The van der Waals surface area contributed by atoms with Crippen LogP contribution in [0.15, 0.2) is 54.6 Å². The van der Waals surface area contributed by atoms with E-state index in [0.717, 1.165) is 57.7 Å². The molecule has 3 aliphatic rings. The Kier molecular flexibility index (Phi) is 5.16. The van der Waals surface area contributed by atoms with Crippen LogP contribution in [-0.4, -0.2) is 76.8 Å². The lowest BCUT2D eigenvalue weighted by Crippen LogP contribution is -2.77. The van der Waals surface area contributed by atoms with E-state index in [9.17, 15) is 9.50 Å². The van der Waals surface area contributed by atoms with Gasteiger partial charge in [0.2, 0.25) is 0 Å². The smallest absolute Gasteiger partial charge is 0.127 e. The van der Waals surface area contributed by atoms with Gasteiger partial charge in [0.1, 0.15) is 5.82 Å². The van der Waals surface area contributed by atoms with Crippen LogP contribution in [-0.2, 0) is 13.0 Å². The van der Waals surface area contributed by atoms with Crippen molar-refractivity contribution < 1.29 is 9.50 Å². The number of rotatable bonds is 5. The highest BCUT2D eigenvalue weighted by Gasteiger charge is 2.55. The molecule has 154 valence electrons. The molecule has 1 spiro atoms. The first-order valence-electron chi connectivity index (χ1n) is 10.8. The minimum Gasteiger partial charge on any atom is -0.392 e. The molecule has 0 radical (unpaired) electrons. The molecule has 5 rings (SSSR count). The number of halogens is 1. The summed E-state index contributed by atoms with van der Waals surface area (Å²) in [5.74, 6) is -0.115. The molecule has 4 nitrogen and oxygen atoms in total. The van der Waals surface area contributed by atoms with E-state index < -0.39 is 0 Å². The first kappa shape index (κ1) is 19.2. The zero-order chi connectivity index (χ0) is 19.8. The third kappa shape index (κ3) is 3.84. The summed E-state index contributed by atoms with van der Waals surface area (Å²) in [5.41, 5.74) is 2.25. The zero-order valence-electron chi connectivity index (χ0n) is 16.9. The molecule has 0 aromatic heterocycles. The highest BCUT2D eigenvalue weighted by molar-refractivity contribution is 5.20. The van der Waals surface area contributed by atoms with Crippen LogP contribution in [0.1, 0.15) is 17.5 Å². The number of β-amino-alcohol motifs (C(OH)–C–C–N with tert-alkyl or cyclic N) is 1. The van der Waals surface area contributed by atoms with Crippen LogP contribution in [0.5, 0.6) is 0 Å². The van der Waals surface area contributed by atoms with Crippen molar-refractivity contribution >= 4 is 0 Å². The first-order chi connectivity index (χ1) is 14.1. The van der Waals surface area contributed by atoms with E-state index in [1.54, 1.807) is 12.1 Å². The zero-order valence-corrected chi connectivity index (χ0v) is 16.9. The molecule has 3 saturated heterocycles. The Hall–Kier alpha value is -1.79. The summed E-state index contributed by atoms with van der Waals surface area (Å²) in [5, 5.41) is 10.3. The molecule has 3 aliphatic heterocycles. The van der Waals surface area contributed by atoms with Crippen molar-refractivity contribution in [2.75, 3.05) is 39.3 Å². The predicted octanol–water partition coefficient (Wildman–Crippen LogP) is 2.37. The van der Waals surface area contributed by atoms with Crippen LogP contribution < -0.4 is 0 Å². The normalized spacial score (nSPS) is 27.1. The summed E-state index contributed by atoms with van der Waals surface area (Å²) in [7, 11) is 0. The van der Waals surface area contributed by atoms with Gasteiger partial charge in [-0.2, -0.15) is 0 Å². The lowest BCUT2D eigenvalue weighted by atomic mass is 9.83. The van der Waals surface area contributed by atoms with Gasteiger partial charge in [-0.25, -0.2) is 4.39 Å². The number of likely N-dealkylation sites (tertiary alicyclic amines) is 1. The van der Waals surface area contributed by atoms with E-state index in [-0.39, 0.29) is 17.5 Å². The summed E-state index contributed by atoms with van der Waals surface area (Å²) in [6.45, 7) is 6.48. The van der Waals surface area contributed by atoms with Crippen molar-refractivity contribution in [3.8, 4) is 0 Å². The van der Waals surface area contributed by atoms with E-state index in [4.69, 9.17) is 0 Å². The second kappa shape index (κ2) is 7.80. The quantitative estimate of drug-likeness (QED) is 0.842. The van der Waals surface area contributed by atoms with Crippen LogP contribution in [0.4, 0.5) is 4.39 Å². The van der Waals surface area contributed by atoms with Crippen molar-refractivity contribution in [1.82, 2.24) is 14.7 Å². The van der Waals surface area contributed by atoms with Gasteiger partial charge in [-0.1, -0.05) is 48.5 Å². The van der Waals surface area contributed by atoms with Crippen molar-refractivity contribution in [3.63, 3.8) is 0 Å². The fourth-order valence-corrected chi connectivity index (χ4v) is 5.67. The van der Waals surface area contributed by atoms with Gasteiger partial charge in [0.05, 0.1) is 11.6 Å². The molecule has 5 heteroatoms. The molecular weight excluding hydrogens is 365 g/mol. The molecule has 0 unspecified atom stereocenters. The van der Waals surface area contributed by atoms with E-state index in [1.807, 2.05) is 12.1 Å². The van der Waals surface area contributed by atoms with Gasteiger partial charge in [0.15, 0.2) is 0 Å². The molecule has 3 fully saturated rings. The van der Waals surface area contributed by atoms with Crippen LogP contribution >= 0.6 is 0 Å². The first-order valence-corrected chi connectivity index (χ1v) is 10.8. The summed E-state index contributed by atoms with van der Waals surface area (Å²) in [6.07, 6.45) is 1.72. The monoisotopic (exact) mass is 395 g/mol. The van der Waals surface area contributed by atoms with Crippen LogP contribution in [0.2, 0.25) is 0 Å². The molecule has 2 atom stereocenters. The fraction of sp³-hybridized carbons (Fsp3) is 0.500. The Morgan fingerprint density at radius 3 is 2.45 bits per heavy atom. The van der Waals surface area contributed by atoms with Gasteiger partial charge in [-0.05, 0) is 24.5 Å². The Balaban J connectivity index is 1.26. The summed E-state index contributed by atoms with van der Waals surface area (Å²) in [6, 6.07) is 18.2. The van der Waals surface area contributed by atoms with Gasteiger partial charge in [0.25, 0.3) is 0 Å². The molecule has 0 aliphatic carbocycles. The van der Waals surface area contributed by atoms with Gasteiger partial charge in [0, 0.05) is 57.4 Å². The minimum absolute atomic E-state index is 0.0995. The Morgan fingerprint density at radius 1 is 0.931 bits per heavy atom. The molecule has 3 heterocycles.